The lowest BCUT2D eigenvalue weighted by molar-refractivity contribution is 0.0358. The van der Waals surface area contributed by atoms with Crippen molar-refractivity contribution in [2.75, 3.05) is 33.2 Å². The smallest absolute Gasteiger partial charge is 0.0253 e. The maximum Gasteiger partial charge on any atom is 0.0253 e. The minimum absolute atomic E-state index is 0.712. The van der Waals surface area contributed by atoms with Crippen LogP contribution in [-0.2, 0) is 0 Å². The van der Waals surface area contributed by atoms with Gasteiger partial charge in [0.1, 0.15) is 0 Å². The molecule has 1 saturated carbocycles. The Morgan fingerprint density at radius 1 is 1.05 bits per heavy atom. The molecule has 3 heteroatoms. The monoisotopic (exact) mass is 281 g/mol. The first-order valence-corrected chi connectivity index (χ1v) is 8.90. The summed E-state index contributed by atoms with van der Waals surface area (Å²) in [5.74, 6) is 0. The van der Waals surface area contributed by atoms with Crippen molar-refractivity contribution in [3.05, 3.63) is 0 Å². The third-order valence-corrected chi connectivity index (χ3v) is 5.19. The van der Waals surface area contributed by atoms with Crippen LogP contribution >= 0.6 is 0 Å². The van der Waals surface area contributed by atoms with E-state index in [2.05, 4.69) is 36.0 Å². The molecule has 3 unspecified atom stereocenters. The predicted octanol–water partition coefficient (Wildman–Crippen LogP) is 2.71. The molecule has 3 nitrogen and oxygen atoms in total. The maximum absolute atomic E-state index is 3.86. The number of hydrogen-bond donors (Lipinski definition) is 1. The molecule has 2 aliphatic rings. The van der Waals surface area contributed by atoms with Crippen molar-refractivity contribution in [1.82, 2.24) is 15.1 Å². The molecule has 1 aliphatic heterocycles. The molecule has 118 valence electrons. The van der Waals surface area contributed by atoms with Gasteiger partial charge in [-0.05, 0) is 39.8 Å². The zero-order valence-electron chi connectivity index (χ0n) is 13.9. The Hall–Kier alpha value is -0.120. The summed E-state index contributed by atoms with van der Waals surface area (Å²) in [5.41, 5.74) is 0. The molecule has 1 N–H and O–H groups in total. The van der Waals surface area contributed by atoms with Gasteiger partial charge in [-0.3, -0.25) is 4.90 Å². The molecule has 2 fully saturated rings. The van der Waals surface area contributed by atoms with E-state index in [9.17, 15) is 0 Å². The predicted molar refractivity (Wildman–Crippen MR) is 87.2 cm³/mol. The van der Waals surface area contributed by atoms with Crippen LogP contribution in [0, 0.1) is 0 Å². The second-order valence-corrected chi connectivity index (χ2v) is 6.97. The summed E-state index contributed by atoms with van der Waals surface area (Å²) in [6.07, 6.45) is 9.75. The molecule has 0 spiro atoms. The Morgan fingerprint density at radius 2 is 1.80 bits per heavy atom. The van der Waals surface area contributed by atoms with Crippen LogP contribution in [0.25, 0.3) is 0 Å². The van der Waals surface area contributed by atoms with Crippen LogP contribution in [0.1, 0.15) is 58.8 Å². The van der Waals surface area contributed by atoms with E-state index in [0.717, 1.165) is 12.1 Å². The average Bonchev–Trinajstić information content (AvgIpc) is 2.39. The normalized spacial score (nSPS) is 34.6. The van der Waals surface area contributed by atoms with Crippen LogP contribution in [0.15, 0.2) is 0 Å². The highest BCUT2D eigenvalue weighted by Gasteiger charge is 2.32. The molecule has 1 aliphatic carbocycles. The maximum atomic E-state index is 3.86. The van der Waals surface area contributed by atoms with Gasteiger partial charge in [-0.25, -0.2) is 0 Å². The Bertz CT molecular complexity index is 267. The molecule has 0 aromatic carbocycles. The number of hydrogen-bond acceptors (Lipinski definition) is 3. The Morgan fingerprint density at radius 3 is 2.50 bits per heavy atom. The fourth-order valence-corrected chi connectivity index (χ4v) is 4.08. The molecular formula is C17H35N3. The molecule has 3 atom stereocenters. The molecule has 20 heavy (non-hydrogen) atoms. The fourth-order valence-electron chi connectivity index (χ4n) is 4.08. The zero-order chi connectivity index (χ0) is 14.4. The first-order chi connectivity index (χ1) is 9.72. The topological polar surface area (TPSA) is 18.5 Å². The van der Waals surface area contributed by atoms with Gasteiger partial charge in [-0.15, -0.1) is 0 Å². The van der Waals surface area contributed by atoms with E-state index < -0.39 is 0 Å². The average molecular weight is 281 g/mol. The van der Waals surface area contributed by atoms with E-state index in [4.69, 9.17) is 0 Å². The third kappa shape index (κ3) is 4.44. The summed E-state index contributed by atoms with van der Waals surface area (Å²) in [7, 11) is 2.26. The van der Waals surface area contributed by atoms with Crippen molar-refractivity contribution < 1.29 is 0 Å². The van der Waals surface area contributed by atoms with Crippen LogP contribution in [0.4, 0.5) is 0 Å². The second kappa shape index (κ2) is 8.35. The number of nitrogens with zero attached hydrogens (tertiary/aromatic N) is 2. The van der Waals surface area contributed by atoms with Gasteiger partial charge < -0.3 is 10.2 Å². The Labute approximate surface area is 126 Å². The van der Waals surface area contributed by atoms with E-state index >= 15 is 0 Å². The largest absolute Gasteiger partial charge is 0.312 e. The number of piperazine rings is 1. The number of nitrogens with one attached hydrogen (secondary N) is 1. The van der Waals surface area contributed by atoms with E-state index in [1.54, 1.807) is 0 Å². The van der Waals surface area contributed by atoms with Gasteiger partial charge in [-0.1, -0.05) is 32.6 Å². The van der Waals surface area contributed by atoms with Crippen LogP contribution < -0.4 is 5.32 Å². The van der Waals surface area contributed by atoms with Gasteiger partial charge in [0.2, 0.25) is 0 Å². The molecule has 2 rings (SSSR count). The van der Waals surface area contributed by atoms with Crippen LogP contribution in [0.2, 0.25) is 0 Å². The Kier molecular flexibility index (Phi) is 6.79. The highest BCUT2D eigenvalue weighted by molar-refractivity contribution is 4.91. The van der Waals surface area contributed by atoms with Crippen molar-refractivity contribution in [1.29, 1.82) is 0 Å². The van der Waals surface area contributed by atoms with E-state index in [0.29, 0.717) is 6.04 Å². The molecule has 0 amide bonds. The summed E-state index contributed by atoms with van der Waals surface area (Å²) < 4.78 is 0. The molecule has 0 aromatic rings. The quantitative estimate of drug-likeness (QED) is 0.855. The van der Waals surface area contributed by atoms with E-state index in [1.165, 1.54) is 71.1 Å². The summed E-state index contributed by atoms with van der Waals surface area (Å²) in [4.78, 5) is 5.30. The van der Waals surface area contributed by atoms with Crippen molar-refractivity contribution in [3.8, 4) is 0 Å². The highest BCUT2D eigenvalue weighted by atomic mass is 15.3. The highest BCUT2D eigenvalue weighted by Crippen LogP contribution is 2.25. The lowest BCUT2D eigenvalue weighted by Crippen LogP contribution is -2.59. The second-order valence-electron chi connectivity index (χ2n) is 6.97. The summed E-state index contributed by atoms with van der Waals surface area (Å²) >= 11 is 0. The Balaban J connectivity index is 2.01. The number of likely N-dealkylation sites (N-methyl/N-ethyl adjacent to an activating group) is 1. The number of rotatable bonds is 4. The first kappa shape index (κ1) is 16.3. The van der Waals surface area contributed by atoms with Crippen molar-refractivity contribution in [2.45, 2.75) is 76.9 Å². The van der Waals surface area contributed by atoms with Crippen LogP contribution in [0.3, 0.4) is 0 Å². The summed E-state index contributed by atoms with van der Waals surface area (Å²) in [6, 6.07) is 2.20. The molecule has 0 bridgehead atoms. The summed E-state index contributed by atoms with van der Waals surface area (Å²) in [6.45, 7) is 9.61. The molecule has 0 aromatic heterocycles. The molecule has 1 heterocycles. The third-order valence-electron chi connectivity index (χ3n) is 5.19. The SMILES string of the molecule is CCCNC1CCCCCCC1N1CCN(C)CC1C. The minimum atomic E-state index is 0.712. The molecule has 1 saturated heterocycles. The molecule has 0 radical (unpaired) electrons. The summed E-state index contributed by atoms with van der Waals surface area (Å²) in [5, 5.41) is 3.86. The first-order valence-electron chi connectivity index (χ1n) is 8.90. The van der Waals surface area contributed by atoms with Gasteiger partial charge in [-0.2, -0.15) is 0 Å². The van der Waals surface area contributed by atoms with E-state index in [1.807, 2.05) is 0 Å². The standard InChI is InChI=1S/C17H35N3/c1-4-11-18-16-9-7-5-6-8-10-17(16)20-13-12-19(3)14-15(20)2/h15-18H,4-14H2,1-3H3. The van der Waals surface area contributed by atoms with Crippen molar-refractivity contribution >= 4 is 0 Å². The molecular weight excluding hydrogens is 246 g/mol. The van der Waals surface area contributed by atoms with Gasteiger partial charge in [0.15, 0.2) is 0 Å². The fraction of sp³-hybridized carbons (Fsp3) is 1.00. The van der Waals surface area contributed by atoms with Crippen LogP contribution in [0.5, 0.6) is 0 Å². The lowest BCUT2D eigenvalue weighted by atomic mass is 9.89. The van der Waals surface area contributed by atoms with Gasteiger partial charge >= 0.3 is 0 Å². The van der Waals surface area contributed by atoms with Crippen molar-refractivity contribution in [3.63, 3.8) is 0 Å². The van der Waals surface area contributed by atoms with Crippen molar-refractivity contribution in [2.24, 2.45) is 0 Å². The zero-order valence-corrected chi connectivity index (χ0v) is 13.9. The lowest BCUT2D eigenvalue weighted by Gasteiger charge is -2.46. The van der Waals surface area contributed by atoms with E-state index in [-0.39, 0.29) is 0 Å². The van der Waals surface area contributed by atoms with Crippen LogP contribution in [-0.4, -0.2) is 61.2 Å². The van der Waals surface area contributed by atoms with Gasteiger partial charge in [0.05, 0.1) is 0 Å². The van der Waals surface area contributed by atoms with Gasteiger partial charge in [0, 0.05) is 37.8 Å². The minimum Gasteiger partial charge on any atom is -0.312 e. The van der Waals surface area contributed by atoms with Gasteiger partial charge in [0.25, 0.3) is 0 Å².